The van der Waals surface area contributed by atoms with E-state index in [1.54, 1.807) is 0 Å². The molecule has 98 valence electrons. The van der Waals surface area contributed by atoms with Gasteiger partial charge in [0.25, 0.3) is 0 Å². The Hall–Kier alpha value is -1.39. The van der Waals surface area contributed by atoms with Crippen molar-refractivity contribution in [2.45, 2.75) is 32.2 Å². The molecular weight excluding hydrogens is 226 g/mol. The average molecular weight is 247 g/mol. The van der Waals surface area contributed by atoms with E-state index in [4.69, 9.17) is 5.73 Å². The predicted octanol–water partition coefficient (Wildman–Crippen LogP) is 1.05. The summed E-state index contributed by atoms with van der Waals surface area (Å²) in [6.45, 7) is 5.72. The molecule has 4 N–H and O–H groups in total. The Labute approximate surface area is 108 Å². The van der Waals surface area contributed by atoms with E-state index in [9.17, 15) is 4.79 Å². The van der Waals surface area contributed by atoms with Crippen LogP contribution in [-0.2, 0) is 17.6 Å². The van der Waals surface area contributed by atoms with Crippen LogP contribution in [0.1, 0.15) is 25.0 Å². The first kappa shape index (κ1) is 13.1. The zero-order valence-electron chi connectivity index (χ0n) is 11.0. The zero-order chi connectivity index (χ0) is 13.2. The van der Waals surface area contributed by atoms with Crippen molar-refractivity contribution in [2.75, 3.05) is 18.4 Å². The van der Waals surface area contributed by atoms with E-state index in [1.807, 2.05) is 19.9 Å². The van der Waals surface area contributed by atoms with Crippen LogP contribution in [0.3, 0.4) is 0 Å². The van der Waals surface area contributed by atoms with E-state index in [-0.39, 0.29) is 11.4 Å². The Balaban J connectivity index is 1.84. The van der Waals surface area contributed by atoms with Crippen LogP contribution in [0, 0.1) is 0 Å². The molecule has 0 spiro atoms. The summed E-state index contributed by atoms with van der Waals surface area (Å²) >= 11 is 0. The van der Waals surface area contributed by atoms with Crippen LogP contribution in [-0.4, -0.2) is 24.5 Å². The molecule has 0 saturated heterocycles. The quantitative estimate of drug-likeness (QED) is 0.681. The van der Waals surface area contributed by atoms with Gasteiger partial charge in [0.05, 0.1) is 6.42 Å². The largest absolute Gasteiger partial charge is 0.326 e. The molecule has 0 saturated carbocycles. The third kappa shape index (κ3) is 3.55. The van der Waals surface area contributed by atoms with Gasteiger partial charge >= 0.3 is 0 Å². The Morgan fingerprint density at radius 3 is 2.94 bits per heavy atom. The second-order valence-electron chi connectivity index (χ2n) is 5.63. The lowest BCUT2D eigenvalue weighted by atomic mass is 10.1. The molecule has 18 heavy (non-hydrogen) atoms. The molecule has 1 aliphatic heterocycles. The van der Waals surface area contributed by atoms with Crippen molar-refractivity contribution in [2.24, 2.45) is 5.73 Å². The van der Waals surface area contributed by atoms with Crippen LogP contribution < -0.4 is 16.4 Å². The molecule has 0 aromatic heterocycles. The lowest BCUT2D eigenvalue weighted by Crippen LogP contribution is -2.43. The molecule has 0 radical (unpaired) electrons. The number of nitrogens with one attached hydrogen (secondary N) is 2. The fourth-order valence-electron chi connectivity index (χ4n) is 2.08. The fraction of sp³-hybridized carbons (Fsp3) is 0.500. The highest BCUT2D eigenvalue weighted by Gasteiger charge is 2.17. The molecule has 1 aromatic carbocycles. The van der Waals surface area contributed by atoms with Crippen LogP contribution >= 0.6 is 0 Å². The summed E-state index contributed by atoms with van der Waals surface area (Å²) in [5.41, 5.74) is 9.05. The minimum absolute atomic E-state index is 0.0881. The summed E-state index contributed by atoms with van der Waals surface area (Å²) in [6, 6.07) is 6.17. The monoisotopic (exact) mass is 247 g/mol. The highest BCUT2D eigenvalue weighted by Crippen LogP contribution is 2.23. The molecule has 1 aliphatic rings. The molecular formula is C14H21N3O. The van der Waals surface area contributed by atoms with E-state index >= 15 is 0 Å². The van der Waals surface area contributed by atoms with Crippen LogP contribution in [0.5, 0.6) is 0 Å². The van der Waals surface area contributed by atoms with Crippen molar-refractivity contribution in [3.8, 4) is 0 Å². The molecule has 1 heterocycles. The summed E-state index contributed by atoms with van der Waals surface area (Å²) in [5.74, 6) is 0.0881. The van der Waals surface area contributed by atoms with E-state index < -0.39 is 0 Å². The fourth-order valence-corrected chi connectivity index (χ4v) is 2.08. The van der Waals surface area contributed by atoms with E-state index in [1.165, 1.54) is 5.56 Å². The number of benzene rings is 1. The van der Waals surface area contributed by atoms with Crippen molar-refractivity contribution in [1.29, 1.82) is 0 Å². The van der Waals surface area contributed by atoms with Gasteiger partial charge in [0.2, 0.25) is 5.91 Å². The van der Waals surface area contributed by atoms with Gasteiger partial charge in [-0.15, -0.1) is 0 Å². The highest BCUT2D eigenvalue weighted by atomic mass is 16.1. The molecule has 0 bridgehead atoms. The summed E-state index contributed by atoms with van der Waals surface area (Å²) in [6.07, 6.45) is 1.46. The molecule has 2 rings (SSSR count). The normalized spacial score (nSPS) is 14.5. The minimum atomic E-state index is -0.172. The standard InChI is InChI=1S/C14H21N3O/c1-14(2,15)9-16-6-5-10-3-4-12-11(7-10)8-13(18)17-12/h3-4,7,16H,5-6,8-9,15H2,1-2H3,(H,17,18). The SMILES string of the molecule is CC(C)(N)CNCCc1ccc2c(c1)CC(=O)N2. The molecule has 4 heteroatoms. The van der Waals surface area contributed by atoms with E-state index in [0.29, 0.717) is 6.42 Å². The summed E-state index contributed by atoms with van der Waals surface area (Å²) in [4.78, 5) is 11.2. The molecule has 1 amide bonds. The molecule has 4 nitrogen and oxygen atoms in total. The van der Waals surface area contributed by atoms with Gasteiger partial charge in [0.1, 0.15) is 0 Å². The molecule has 0 atom stereocenters. The first-order chi connectivity index (χ1) is 8.44. The Bertz CT molecular complexity index is 449. The Morgan fingerprint density at radius 2 is 2.22 bits per heavy atom. The smallest absolute Gasteiger partial charge is 0.228 e. The minimum Gasteiger partial charge on any atom is -0.326 e. The number of nitrogens with two attached hydrogens (primary N) is 1. The van der Waals surface area contributed by atoms with Crippen molar-refractivity contribution in [3.05, 3.63) is 29.3 Å². The Morgan fingerprint density at radius 1 is 1.44 bits per heavy atom. The number of hydrogen-bond donors (Lipinski definition) is 3. The number of anilines is 1. The molecule has 1 aromatic rings. The summed E-state index contributed by atoms with van der Waals surface area (Å²) in [5, 5.41) is 6.18. The summed E-state index contributed by atoms with van der Waals surface area (Å²) < 4.78 is 0. The van der Waals surface area contributed by atoms with Gasteiger partial charge in [-0.1, -0.05) is 12.1 Å². The number of carbonyl (C=O) groups is 1. The first-order valence-corrected chi connectivity index (χ1v) is 6.35. The van der Waals surface area contributed by atoms with E-state index in [2.05, 4.69) is 22.8 Å². The third-order valence-corrected chi connectivity index (χ3v) is 2.97. The number of rotatable bonds is 5. The maximum absolute atomic E-state index is 11.2. The maximum atomic E-state index is 11.2. The van der Waals surface area contributed by atoms with E-state index in [0.717, 1.165) is 30.8 Å². The number of carbonyl (C=O) groups excluding carboxylic acids is 1. The molecule has 0 aliphatic carbocycles. The van der Waals surface area contributed by atoms with Gasteiger partial charge < -0.3 is 16.4 Å². The van der Waals surface area contributed by atoms with Crippen LogP contribution in [0.2, 0.25) is 0 Å². The van der Waals surface area contributed by atoms with Gasteiger partial charge in [0, 0.05) is 17.8 Å². The van der Waals surface area contributed by atoms with Crippen molar-refractivity contribution in [3.63, 3.8) is 0 Å². The molecule has 0 fully saturated rings. The first-order valence-electron chi connectivity index (χ1n) is 6.35. The molecule has 0 unspecified atom stereocenters. The highest BCUT2D eigenvalue weighted by molar-refractivity contribution is 5.99. The number of fused-ring (bicyclic) bond motifs is 1. The third-order valence-electron chi connectivity index (χ3n) is 2.97. The maximum Gasteiger partial charge on any atom is 0.228 e. The van der Waals surface area contributed by atoms with Gasteiger partial charge in [-0.05, 0) is 44.0 Å². The lowest BCUT2D eigenvalue weighted by molar-refractivity contribution is -0.115. The summed E-state index contributed by atoms with van der Waals surface area (Å²) in [7, 11) is 0. The van der Waals surface area contributed by atoms with Crippen LogP contribution in [0.25, 0.3) is 0 Å². The second kappa shape index (κ2) is 5.08. The van der Waals surface area contributed by atoms with Crippen molar-refractivity contribution in [1.82, 2.24) is 5.32 Å². The predicted molar refractivity (Wildman–Crippen MR) is 73.6 cm³/mol. The number of hydrogen-bond acceptors (Lipinski definition) is 3. The van der Waals surface area contributed by atoms with Crippen LogP contribution in [0.4, 0.5) is 5.69 Å². The topological polar surface area (TPSA) is 67.1 Å². The van der Waals surface area contributed by atoms with Gasteiger partial charge in [-0.25, -0.2) is 0 Å². The van der Waals surface area contributed by atoms with Crippen LogP contribution in [0.15, 0.2) is 18.2 Å². The lowest BCUT2D eigenvalue weighted by Gasteiger charge is -2.18. The van der Waals surface area contributed by atoms with Crippen molar-refractivity contribution >= 4 is 11.6 Å². The number of amides is 1. The van der Waals surface area contributed by atoms with Gasteiger partial charge in [-0.3, -0.25) is 4.79 Å². The average Bonchev–Trinajstić information content (AvgIpc) is 2.62. The second-order valence-corrected chi connectivity index (χ2v) is 5.63. The van der Waals surface area contributed by atoms with Crippen molar-refractivity contribution < 1.29 is 4.79 Å². The van der Waals surface area contributed by atoms with Gasteiger partial charge in [0.15, 0.2) is 0 Å². The Kier molecular flexibility index (Phi) is 3.68. The van der Waals surface area contributed by atoms with Gasteiger partial charge in [-0.2, -0.15) is 0 Å². The zero-order valence-corrected chi connectivity index (χ0v) is 11.0.